The zero-order chi connectivity index (χ0) is 20.5. The highest BCUT2D eigenvalue weighted by Gasteiger charge is 2.25. The highest BCUT2D eigenvalue weighted by Crippen LogP contribution is 2.29. The molecule has 2 heterocycles. The maximum absolute atomic E-state index is 12.8. The van der Waals surface area contributed by atoms with Crippen molar-refractivity contribution in [3.63, 3.8) is 0 Å². The van der Waals surface area contributed by atoms with E-state index in [0.29, 0.717) is 11.3 Å². The molecule has 0 fully saturated rings. The molecule has 0 saturated carbocycles. The maximum Gasteiger partial charge on any atom is 0.257 e. The van der Waals surface area contributed by atoms with Gasteiger partial charge in [-0.25, -0.2) is 13.1 Å². The van der Waals surface area contributed by atoms with Gasteiger partial charge in [-0.2, -0.15) is 5.10 Å². The summed E-state index contributed by atoms with van der Waals surface area (Å²) in [4.78, 5) is 13.7. The van der Waals surface area contributed by atoms with E-state index in [-0.39, 0.29) is 28.9 Å². The minimum Gasteiger partial charge on any atom is -0.458 e. The van der Waals surface area contributed by atoms with E-state index >= 15 is 0 Å². The van der Waals surface area contributed by atoms with Gasteiger partial charge >= 0.3 is 0 Å². The van der Waals surface area contributed by atoms with E-state index in [0.717, 1.165) is 11.1 Å². The predicted octanol–water partition coefficient (Wildman–Crippen LogP) is 2.47. The molecule has 0 aliphatic rings. The number of aryl methyl sites for hydroxylation is 2. The molecule has 3 rings (SSSR count). The molecular weight excluding hydrogens is 380 g/mol. The van der Waals surface area contributed by atoms with Gasteiger partial charge in [-0.15, -0.1) is 0 Å². The van der Waals surface area contributed by atoms with Gasteiger partial charge in [0.25, 0.3) is 5.91 Å². The third kappa shape index (κ3) is 3.85. The van der Waals surface area contributed by atoms with Crippen molar-refractivity contribution >= 4 is 15.9 Å². The van der Waals surface area contributed by atoms with Gasteiger partial charge in [-0.1, -0.05) is 24.3 Å². The molecule has 1 aromatic carbocycles. The molecule has 9 heteroatoms. The predicted molar refractivity (Wildman–Crippen MR) is 104 cm³/mol. The van der Waals surface area contributed by atoms with Crippen molar-refractivity contribution in [3.05, 3.63) is 59.0 Å². The summed E-state index contributed by atoms with van der Waals surface area (Å²) in [5.74, 6) is 0.196. The quantitative estimate of drug-likeness (QED) is 0.658. The molecule has 0 bridgehead atoms. The molecule has 28 heavy (non-hydrogen) atoms. The second-order valence-electron chi connectivity index (χ2n) is 6.64. The maximum atomic E-state index is 12.8. The first-order valence-electron chi connectivity index (χ1n) is 8.60. The number of rotatable bonds is 6. The number of H-pyrrole nitrogens is 1. The van der Waals surface area contributed by atoms with Crippen LogP contribution in [0.3, 0.4) is 0 Å². The fourth-order valence-corrected chi connectivity index (χ4v) is 3.97. The number of furan rings is 1. The van der Waals surface area contributed by atoms with Gasteiger partial charge < -0.3 is 9.32 Å². The van der Waals surface area contributed by atoms with E-state index in [1.807, 2.05) is 31.2 Å². The van der Waals surface area contributed by atoms with Crippen LogP contribution in [0.2, 0.25) is 0 Å². The first-order chi connectivity index (χ1) is 13.2. The van der Waals surface area contributed by atoms with Crippen LogP contribution in [-0.2, 0) is 16.6 Å². The van der Waals surface area contributed by atoms with Crippen LogP contribution < -0.4 is 4.72 Å². The van der Waals surface area contributed by atoms with Gasteiger partial charge in [-0.3, -0.25) is 9.89 Å². The van der Waals surface area contributed by atoms with E-state index in [2.05, 4.69) is 14.9 Å². The Labute approximate surface area is 163 Å². The number of nitrogens with zero attached hydrogens (tertiary/aromatic N) is 2. The molecule has 0 radical (unpaired) electrons. The Hall–Kier alpha value is -2.91. The molecule has 0 aliphatic carbocycles. The number of carbonyl (C=O) groups excluding carboxylic acids is 1. The average molecular weight is 402 g/mol. The minimum atomic E-state index is -3.80. The zero-order valence-corrected chi connectivity index (χ0v) is 16.9. The van der Waals surface area contributed by atoms with Gasteiger partial charge in [-0.05, 0) is 25.0 Å². The molecule has 2 aromatic heterocycles. The van der Waals surface area contributed by atoms with Crippen LogP contribution in [0.1, 0.15) is 27.2 Å². The number of amides is 1. The lowest BCUT2D eigenvalue weighted by molar-refractivity contribution is 0.0828. The Kier molecular flexibility index (Phi) is 5.39. The lowest BCUT2D eigenvalue weighted by Crippen LogP contribution is -2.23. The van der Waals surface area contributed by atoms with E-state index in [9.17, 15) is 13.2 Å². The fraction of sp³-hybridized carbons (Fsp3) is 0.263. The Morgan fingerprint density at radius 1 is 1.25 bits per heavy atom. The Morgan fingerprint density at radius 2 is 1.96 bits per heavy atom. The summed E-state index contributed by atoms with van der Waals surface area (Å²) >= 11 is 0. The standard InChI is InChI=1S/C19H22N4O4S/c1-12-7-5-6-8-14(12)10-21-28(25,26)17-9-16(27-13(17)2)18-15(11-20-22-18)19(24)23(3)4/h5-9,11,21H,10H2,1-4H3,(H,20,22). The van der Waals surface area contributed by atoms with Gasteiger partial charge in [0.1, 0.15) is 16.3 Å². The lowest BCUT2D eigenvalue weighted by Gasteiger charge is -2.09. The molecule has 0 unspecified atom stereocenters. The third-order valence-corrected chi connectivity index (χ3v) is 5.91. The number of nitrogens with one attached hydrogen (secondary N) is 2. The molecule has 0 aliphatic heterocycles. The second-order valence-corrected chi connectivity index (χ2v) is 8.38. The molecule has 0 saturated heterocycles. The van der Waals surface area contributed by atoms with Crippen LogP contribution >= 0.6 is 0 Å². The van der Waals surface area contributed by atoms with Crippen molar-refractivity contribution in [3.8, 4) is 11.5 Å². The summed E-state index contributed by atoms with van der Waals surface area (Å²) in [5.41, 5.74) is 2.52. The van der Waals surface area contributed by atoms with Gasteiger partial charge in [0, 0.05) is 26.7 Å². The highest BCUT2D eigenvalue weighted by atomic mass is 32.2. The van der Waals surface area contributed by atoms with Gasteiger partial charge in [0.2, 0.25) is 10.0 Å². The number of hydrogen-bond donors (Lipinski definition) is 2. The minimum absolute atomic E-state index is 0.0222. The van der Waals surface area contributed by atoms with Crippen molar-refractivity contribution in [1.29, 1.82) is 0 Å². The van der Waals surface area contributed by atoms with Gasteiger partial charge in [0.15, 0.2) is 5.76 Å². The number of sulfonamides is 1. The topological polar surface area (TPSA) is 108 Å². The highest BCUT2D eigenvalue weighted by molar-refractivity contribution is 7.89. The monoisotopic (exact) mass is 402 g/mol. The van der Waals surface area contributed by atoms with Crippen LogP contribution in [0.4, 0.5) is 0 Å². The zero-order valence-electron chi connectivity index (χ0n) is 16.1. The smallest absolute Gasteiger partial charge is 0.257 e. The summed E-state index contributed by atoms with van der Waals surface area (Å²) in [5, 5.41) is 6.60. The number of aromatic nitrogens is 2. The summed E-state index contributed by atoms with van der Waals surface area (Å²) in [7, 11) is -0.553. The normalized spacial score (nSPS) is 11.6. The Morgan fingerprint density at radius 3 is 2.64 bits per heavy atom. The van der Waals surface area contributed by atoms with Crippen LogP contribution in [0.15, 0.2) is 45.8 Å². The first-order valence-corrected chi connectivity index (χ1v) is 10.1. The van der Waals surface area contributed by atoms with Crippen molar-refractivity contribution < 1.29 is 17.6 Å². The van der Waals surface area contributed by atoms with Crippen LogP contribution in [0.25, 0.3) is 11.5 Å². The summed E-state index contributed by atoms with van der Waals surface area (Å²) in [6.45, 7) is 3.66. The van der Waals surface area contributed by atoms with Crippen LogP contribution in [0.5, 0.6) is 0 Å². The molecule has 3 aromatic rings. The summed E-state index contributed by atoms with van der Waals surface area (Å²) in [6.07, 6.45) is 1.39. The third-order valence-electron chi connectivity index (χ3n) is 4.40. The van der Waals surface area contributed by atoms with Gasteiger partial charge in [0.05, 0.1) is 11.8 Å². The summed E-state index contributed by atoms with van der Waals surface area (Å²) in [6, 6.07) is 8.95. The van der Waals surface area contributed by atoms with Crippen LogP contribution in [0, 0.1) is 13.8 Å². The second kappa shape index (κ2) is 7.61. The number of carbonyl (C=O) groups is 1. The number of benzene rings is 1. The summed E-state index contributed by atoms with van der Waals surface area (Å²) < 4.78 is 33.8. The van der Waals surface area contributed by atoms with Crippen molar-refractivity contribution in [1.82, 2.24) is 19.8 Å². The lowest BCUT2D eigenvalue weighted by atomic mass is 10.1. The molecular formula is C19H22N4O4S. The largest absolute Gasteiger partial charge is 0.458 e. The molecule has 148 valence electrons. The van der Waals surface area contributed by atoms with Crippen LogP contribution in [-0.4, -0.2) is 43.5 Å². The fourth-order valence-electron chi connectivity index (χ4n) is 2.79. The molecule has 0 atom stereocenters. The Bertz CT molecular complexity index is 1110. The first kappa shape index (κ1) is 19.8. The SMILES string of the molecule is Cc1ccccc1CNS(=O)(=O)c1cc(-c2[nH]ncc2C(=O)N(C)C)oc1C. The van der Waals surface area contributed by atoms with Crippen molar-refractivity contribution in [2.24, 2.45) is 0 Å². The average Bonchev–Trinajstić information content (AvgIpc) is 3.27. The molecule has 1 amide bonds. The molecule has 0 spiro atoms. The van der Waals surface area contributed by atoms with E-state index < -0.39 is 10.0 Å². The Balaban J connectivity index is 1.89. The van der Waals surface area contributed by atoms with E-state index in [4.69, 9.17) is 4.42 Å². The van der Waals surface area contributed by atoms with Crippen molar-refractivity contribution in [2.45, 2.75) is 25.3 Å². The number of hydrogen-bond acceptors (Lipinski definition) is 5. The van der Waals surface area contributed by atoms with Crippen molar-refractivity contribution in [2.75, 3.05) is 14.1 Å². The number of aromatic amines is 1. The molecule has 2 N–H and O–H groups in total. The molecule has 8 nitrogen and oxygen atoms in total. The van der Waals surface area contributed by atoms with E-state index in [1.165, 1.54) is 17.2 Å². The van der Waals surface area contributed by atoms with E-state index in [1.54, 1.807) is 21.0 Å².